The Morgan fingerprint density at radius 1 is 0.793 bits per heavy atom. The van der Waals surface area contributed by atoms with Gasteiger partial charge in [-0.15, -0.1) is 0 Å². The molecule has 0 spiro atoms. The second kappa shape index (κ2) is 14.3. The third-order valence-electron chi connectivity index (χ3n) is 12.0. The van der Waals surface area contributed by atoms with Crippen molar-refractivity contribution in [1.82, 2.24) is 5.01 Å². The summed E-state index contributed by atoms with van der Waals surface area (Å²) >= 11 is 13.0. The molecule has 6 atom stereocenters. The van der Waals surface area contributed by atoms with Crippen LogP contribution in [-0.4, -0.2) is 40.9 Å². The number of amides is 4. The van der Waals surface area contributed by atoms with E-state index >= 15 is 4.79 Å². The minimum atomic E-state index is -1.64. The summed E-state index contributed by atoms with van der Waals surface area (Å²) in [4.78, 5) is 60.6. The van der Waals surface area contributed by atoms with Crippen molar-refractivity contribution in [2.75, 3.05) is 22.8 Å². The number of rotatable bonds is 8. The summed E-state index contributed by atoms with van der Waals surface area (Å²) in [5.41, 5.74) is 5.30. The number of phenols is 1. The summed E-state index contributed by atoms with van der Waals surface area (Å²) in [6.45, 7) is 0. The molecule has 5 aromatic rings. The Labute approximate surface area is 342 Å². The normalized spacial score (nSPS) is 24.9. The summed E-state index contributed by atoms with van der Waals surface area (Å²) in [5, 5.41) is 15.5. The number of nitrogens with one attached hydrogen (secondary N) is 2. The lowest BCUT2D eigenvalue weighted by molar-refractivity contribution is -0.138. The van der Waals surface area contributed by atoms with Gasteiger partial charge in [-0.2, -0.15) is 5.01 Å². The van der Waals surface area contributed by atoms with Crippen LogP contribution in [0.3, 0.4) is 0 Å². The highest BCUT2D eigenvalue weighted by molar-refractivity contribution is 6.32. The number of methoxy groups -OCH3 is 1. The molecule has 0 unspecified atom stereocenters. The Morgan fingerprint density at radius 3 is 2.16 bits per heavy atom. The summed E-state index contributed by atoms with van der Waals surface area (Å²) in [6.07, 6.45) is 2.17. The number of imide groups is 2. The van der Waals surface area contributed by atoms with Crippen molar-refractivity contribution in [2.45, 2.75) is 24.2 Å². The Bertz CT molecular complexity index is 2520. The lowest BCUT2D eigenvalue weighted by Gasteiger charge is -2.50. The SMILES string of the molecule is COc1cc([C@H]2C3=CC[C@@H]4C(=O)N(c5ccc(Nc6ccccc6)cc5)C(=O)[C@@H]4[C@@H]3C[C@H]3C(=O)N(Nc4ccc(F)cc4)C(=O)[C@@]23c2ccc(Cl)cc2)cc(Cl)c1O. The average Bonchev–Trinajstić information content (AvgIpc) is 3.61. The largest absolute Gasteiger partial charge is 0.503 e. The summed E-state index contributed by atoms with van der Waals surface area (Å²) in [6, 6.07) is 31.8. The highest BCUT2D eigenvalue weighted by Gasteiger charge is 2.70. The van der Waals surface area contributed by atoms with E-state index in [9.17, 15) is 23.9 Å². The predicted octanol–water partition coefficient (Wildman–Crippen LogP) is 8.78. The fourth-order valence-corrected chi connectivity index (χ4v) is 9.93. The average molecular weight is 818 g/mol. The van der Waals surface area contributed by atoms with E-state index < -0.39 is 58.5 Å². The number of carbonyl (C=O) groups is 4. The Hall–Kier alpha value is -6.17. The maximum Gasteiger partial charge on any atom is 0.260 e. The number of para-hydroxylation sites is 1. The van der Waals surface area contributed by atoms with Crippen molar-refractivity contribution in [2.24, 2.45) is 23.7 Å². The zero-order valence-corrected chi connectivity index (χ0v) is 32.4. The summed E-state index contributed by atoms with van der Waals surface area (Å²) < 4.78 is 19.5. The van der Waals surface area contributed by atoms with Crippen LogP contribution in [0.2, 0.25) is 10.0 Å². The molecule has 10 nitrogen and oxygen atoms in total. The van der Waals surface area contributed by atoms with Gasteiger partial charge in [0.25, 0.3) is 11.8 Å². The fraction of sp³-hybridized carbons (Fsp3) is 0.200. The fourth-order valence-electron chi connectivity index (χ4n) is 9.58. The number of allylic oxidation sites excluding steroid dienone is 2. The molecule has 2 aliphatic heterocycles. The molecule has 13 heteroatoms. The molecule has 4 aliphatic rings. The number of nitrogens with zero attached hydrogens (tertiary/aromatic N) is 2. The number of hydrazine groups is 1. The molecule has 3 fully saturated rings. The number of benzene rings is 5. The molecular weight excluding hydrogens is 782 g/mol. The van der Waals surface area contributed by atoms with Gasteiger partial charge < -0.3 is 15.2 Å². The molecule has 292 valence electrons. The minimum absolute atomic E-state index is 0.0447. The van der Waals surface area contributed by atoms with Gasteiger partial charge in [-0.25, -0.2) is 4.39 Å². The van der Waals surface area contributed by atoms with Crippen molar-refractivity contribution in [3.05, 3.63) is 154 Å². The van der Waals surface area contributed by atoms with E-state index in [4.69, 9.17) is 27.9 Å². The van der Waals surface area contributed by atoms with Gasteiger partial charge in [0.05, 0.1) is 46.7 Å². The second-order valence-electron chi connectivity index (χ2n) is 15.0. The molecule has 4 amide bonds. The molecule has 1 saturated carbocycles. The highest BCUT2D eigenvalue weighted by Crippen LogP contribution is 2.65. The van der Waals surface area contributed by atoms with Gasteiger partial charge in [0, 0.05) is 22.3 Å². The van der Waals surface area contributed by atoms with E-state index in [0.717, 1.165) is 16.4 Å². The first-order chi connectivity index (χ1) is 28.0. The van der Waals surface area contributed by atoms with Crippen molar-refractivity contribution in [1.29, 1.82) is 0 Å². The third-order valence-corrected chi connectivity index (χ3v) is 12.6. The summed E-state index contributed by atoms with van der Waals surface area (Å²) in [7, 11) is 1.38. The van der Waals surface area contributed by atoms with Crippen LogP contribution in [0.25, 0.3) is 0 Å². The number of anilines is 4. The van der Waals surface area contributed by atoms with E-state index in [0.29, 0.717) is 33.1 Å². The second-order valence-corrected chi connectivity index (χ2v) is 15.8. The first-order valence-corrected chi connectivity index (χ1v) is 19.5. The first kappa shape index (κ1) is 37.4. The molecule has 0 aromatic heterocycles. The van der Waals surface area contributed by atoms with Gasteiger partial charge >= 0.3 is 0 Å². The van der Waals surface area contributed by atoms with Crippen molar-refractivity contribution in [3.63, 3.8) is 0 Å². The van der Waals surface area contributed by atoms with Gasteiger partial charge in [0.15, 0.2) is 11.5 Å². The van der Waals surface area contributed by atoms with Crippen LogP contribution in [0.5, 0.6) is 11.5 Å². The lowest BCUT2D eigenvalue weighted by atomic mass is 9.49. The number of phenolic OH excluding ortho intramolecular Hbond substituents is 1. The predicted molar refractivity (Wildman–Crippen MR) is 217 cm³/mol. The van der Waals surface area contributed by atoms with Crippen LogP contribution >= 0.6 is 23.2 Å². The van der Waals surface area contributed by atoms with Crippen LogP contribution in [0.15, 0.2) is 127 Å². The molecule has 2 saturated heterocycles. The quantitative estimate of drug-likeness (QED) is 0.105. The zero-order chi connectivity index (χ0) is 40.5. The van der Waals surface area contributed by atoms with Crippen LogP contribution in [0.1, 0.15) is 29.9 Å². The molecule has 0 radical (unpaired) electrons. The number of hydrogen-bond donors (Lipinski definition) is 3. The number of carbonyl (C=O) groups excluding carboxylic acids is 4. The van der Waals surface area contributed by atoms with E-state index in [2.05, 4.69) is 10.7 Å². The smallest absolute Gasteiger partial charge is 0.260 e. The van der Waals surface area contributed by atoms with Crippen molar-refractivity contribution >= 4 is 69.6 Å². The van der Waals surface area contributed by atoms with E-state index in [1.807, 2.05) is 36.4 Å². The lowest BCUT2D eigenvalue weighted by Crippen LogP contribution is -2.53. The number of hydrogen-bond acceptors (Lipinski definition) is 8. The van der Waals surface area contributed by atoms with Gasteiger partial charge in [0.2, 0.25) is 11.8 Å². The third kappa shape index (κ3) is 5.82. The molecule has 0 bridgehead atoms. The molecule has 3 N–H and O–H groups in total. The maximum atomic E-state index is 15.4. The molecule has 5 aromatic carbocycles. The van der Waals surface area contributed by atoms with Crippen LogP contribution in [0.4, 0.5) is 27.1 Å². The van der Waals surface area contributed by atoms with Gasteiger partial charge in [-0.1, -0.05) is 65.2 Å². The monoisotopic (exact) mass is 816 g/mol. The number of aromatic hydroxyl groups is 1. The van der Waals surface area contributed by atoms with Gasteiger partial charge in [-0.3, -0.25) is 29.5 Å². The van der Waals surface area contributed by atoms with Crippen LogP contribution in [-0.2, 0) is 24.6 Å². The zero-order valence-electron chi connectivity index (χ0n) is 30.9. The van der Waals surface area contributed by atoms with Crippen molar-refractivity contribution in [3.8, 4) is 11.5 Å². The van der Waals surface area contributed by atoms with E-state index in [-0.39, 0.29) is 35.3 Å². The van der Waals surface area contributed by atoms with Gasteiger partial charge in [-0.05, 0) is 115 Å². The molecule has 9 rings (SSSR count). The number of halogens is 3. The first-order valence-electron chi connectivity index (χ1n) is 18.7. The highest BCUT2D eigenvalue weighted by atomic mass is 35.5. The van der Waals surface area contributed by atoms with E-state index in [1.165, 1.54) is 36.3 Å². The van der Waals surface area contributed by atoms with Gasteiger partial charge in [0.1, 0.15) is 5.82 Å². The summed E-state index contributed by atoms with van der Waals surface area (Å²) in [5.74, 6) is -6.90. The Kier molecular flexibility index (Phi) is 9.25. The number of fused-ring (bicyclic) bond motifs is 4. The Balaban J connectivity index is 1.17. The standard InChI is InChI=1S/C45H35Cl2FN4O6/c1-58-37-22-24(21-36(47)40(37)53)39-32-19-20-33-38(43(56)51(41(33)54)31-17-15-29(16-18-31)49-28-5-3-2-4-6-28)34(32)23-35-42(55)52(50-30-13-11-27(48)12-14-30)44(57)45(35,39)25-7-9-26(46)10-8-25/h2-19,21-22,33-35,38-39,49-50,53H,20,23H2,1H3/t33-,34+,35-,38-,39-,45+/m0/s1. The molecular formula is C45H35Cl2FN4O6. The topological polar surface area (TPSA) is 128 Å². The Morgan fingerprint density at radius 2 is 1.47 bits per heavy atom. The van der Waals surface area contributed by atoms with E-state index in [1.54, 1.807) is 60.7 Å². The van der Waals surface area contributed by atoms with Crippen LogP contribution < -0.4 is 20.4 Å². The maximum absolute atomic E-state index is 15.4. The minimum Gasteiger partial charge on any atom is -0.503 e. The van der Waals surface area contributed by atoms with Crippen molar-refractivity contribution < 1.29 is 33.4 Å². The molecule has 2 heterocycles. The number of ether oxygens (including phenoxy) is 1. The molecule has 2 aliphatic carbocycles. The molecule has 58 heavy (non-hydrogen) atoms. The van der Waals surface area contributed by atoms with Crippen LogP contribution in [0, 0.1) is 29.5 Å².